The Balaban J connectivity index is 2.52. The van der Waals surface area contributed by atoms with Crippen LogP contribution in [0.2, 0.25) is 0 Å². The van der Waals surface area contributed by atoms with Crippen molar-refractivity contribution in [2.24, 2.45) is 0 Å². The van der Waals surface area contributed by atoms with E-state index in [1.807, 2.05) is 18.7 Å². The van der Waals surface area contributed by atoms with Crippen molar-refractivity contribution in [3.05, 3.63) is 29.8 Å². The number of anilines is 1. The second kappa shape index (κ2) is 8.79. The molecule has 21 heavy (non-hydrogen) atoms. The Hall–Kier alpha value is -1.40. The number of benzene rings is 1. The molecule has 1 N–H and O–H groups in total. The maximum Gasteiger partial charge on any atom is 0.234 e. The van der Waals surface area contributed by atoms with Gasteiger partial charge in [-0.05, 0) is 32.9 Å². The highest BCUT2D eigenvalue weighted by molar-refractivity contribution is 8.23. The highest BCUT2D eigenvalue weighted by Crippen LogP contribution is 2.13. The predicted molar refractivity (Wildman–Crippen MR) is 93.1 cm³/mol. The van der Waals surface area contributed by atoms with Crippen LogP contribution in [0.15, 0.2) is 24.3 Å². The summed E-state index contributed by atoms with van der Waals surface area (Å²) in [5, 5.41) is 2.78. The van der Waals surface area contributed by atoms with Crippen LogP contribution in [0.5, 0.6) is 0 Å². The molecule has 4 nitrogen and oxygen atoms in total. The molecule has 0 aliphatic carbocycles. The minimum Gasteiger partial charge on any atom is -0.358 e. The van der Waals surface area contributed by atoms with Crippen LogP contribution in [0, 0.1) is 0 Å². The number of Topliss-reactive ketones (excluding diaryl/α,β-unsaturated/α-hetero) is 1. The van der Waals surface area contributed by atoms with Crippen LogP contribution in [0.1, 0.15) is 31.1 Å². The number of nitrogens with zero attached hydrogens (tertiary/aromatic N) is 1. The summed E-state index contributed by atoms with van der Waals surface area (Å²) in [7, 11) is 0. The molecule has 0 aliphatic rings. The summed E-state index contributed by atoms with van der Waals surface area (Å²) >= 11 is 6.63. The number of hydrogen-bond donors (Lipinski definition) is 1. The summed E-state index contributed by atoms with van der Waals surface area (Å²) < 4.78 is 0.729. The molecular weight excluding hydrogens is 304 g/mol. The van der Waals surface area contributed by atoms with Crippen molar-refractivity contribution in [2.75, 3.05) is 24.2 Å². The van der Waals surface area contributed by atoms with Crippen molar-refractivity contribution in [1.29, 1.82) is 0 Å². The van der Waals surface area contributed by atoms with E-state index in [1.165, 1.54) is 18.7 Å². The molecule has 6 heteroatoms. The first-order valence-corrected chi connectivity index (χ1v) is 8.19. The van der Waals surface area contributed by atoms with Gasteiger partial charge in [0.1, 0.15) is 4.32 Å². The van der Waals surface area contributed by atoms with Gasteiger partial charge in [-0.2, -0.15) is 0 Å². The second-order valence-corrected chi connectivity index (χ2v) is 6.02. The monoisotopic (exact) mass is 324 g/mol. The molecule has 1 amide bonds. The second-order valence-electron chi connectivity index (χ2n) is 4.41. The molecule has 0 aromatic heterocycles. The van der Waals surface area contributed by atoms with Gasteiger partial charge < -0.3 is 10.2 Å². The van der Waals surface area contributed by atoms with Gasteiger partial charge in [0.25, 0.3) is 0 Å². The molecule has 0 unspecified atom stereocenters. The number of thioether (sulfide) groups is 1. The number of rotatable bonds is 6. The van der Waals surface area contributed by atoms with Crippen molar-refractivity contribution >= 4 is 45.7 Å². The Morgan fingerprint density at radius 2 is 1.95 bits per heavy atom. The minimum atomic E-state index is -0.129. The molecule has 1 rings (SSSR count). The van der Waals surface area contributed by atoms with Gasteiger partial charge in [-0.25, -0.2) is 0 Å². The number of ketones is 1. The molecule has 0 fully saturated rings. The first-order valence-electron chi connectivity index (χ1n) is 6.80. The van der Waals surface area contributed by atoms with E-state index >= 15 is 0 Å². The Labute approximate surface area is 135 Å². The summed E-state index contributed by atoms with van der Waals surface area (Å²) in [5.74, 6) is 0.109. The summed E-state index contributed by atoms with van der Waals surface area (Å²) in [5.41, 5.74) is 1.21. The molecule has 1 aromatic carbocycles. The highest BCUT2D eigenvalue weighted by Gasteiger charge is 2.10. The third-order valence-electron chi connectivity index (χ3n) is 2.90. The fourth-order valence-electron chi connectivity index (χ4n) is 1.71. The van der Waals surface area contributed by atoms with Crippen molar-refractivity contribution in [2.45, 2.75) is 20.8 Å². The van der Waals surface area contributed by atoms with E-state index < -0.39 is 0 Å². The molecule has 0 heterocycles. The average molecular weight is 324 g/mol. The lowest BCUT2D eigenvalue weighted by Gasteiger charge is -2.20. The van der Waals surface area contributed by atoms with Gasteiger partial charge in [0.2, 0.25) is 5.91 Å². The fourth-order valence-corrected chi connectivity index (χ4v) is 2.92. The summed E-state index contributed by atoms with van der Waals surface area (Å²) in [4.78, 5) is 25.2. The van der Waals surface area contributed by atoms with E-state index in [4.69, 9.17) is 12.2 Å². The molecule has 0 aliphatic heterocycles. The van der Waals surface area contributed by atoms with E-state index in [1.54, 1.807) is 24.3 Å². The highest BCUT2D eigenvalue weighted by atomic mass is 32.2. The Kier molecular flexibility index (Phi) is 7.39. The average Bonchev–Trinajstić information content (AvgIpc) is 2.46. The van der Waals surface area contributed by atoms with Crippen LogP contribution in [0.4, 0.5) is 5.69 Å². The molecule has 0 saturated heterocycles. The third-order valence-corrected chi connectivity index (χ3v) is 4.42. The predicted octanol–water partition coefficient (Wildman–Crippen LogP) is 3.19. The van der Waals surface area contributed by atoms with E-state index in [0.29, 0.717) is 11.3 Å². The summed E-state index contributed by atoms with van der Waals surface area (Å²) in [6.07, 6.45) is 0. The number of carbonyl (C=O) groups is 2. The van der Waals surface area contributed by atoms with Gasteiger partial charge in [-0.1, -0.05) is 36.1 Å². The van der Waals surface area contributed by atoms with Crippen LogP contribution >= 0.6 is 24.0 Å². The van der Waals surface area contributed by atoms with E-state index in [-0.39, 0.29) is 17.4 Å². The lowest BCUT2D eigenvalue weighted by atomic mass is 10.1. The van der Waals surface area contributed by atoms with Crippen LogP contribution in [0.3, 0.4) is 0 Å². The van der Waals surface area contributed by atoms with Crippen LogP contribution < -0.4 is 5.32 Å². The van der Waals surface area contributed by atoms with E-state index in [9.17, 15) is 9.59 Å². The zero-order chi connectivity index (χ0) is 15.8. The number of hydrogen-bond acceptors (Lipinski definition) is 4. The quantitative estimate of drug-likeness (QED) is 0.643. The summed E-state index contributed by atoms with van der Waals surface area (Å²) in [6, 6.07) is 6.91. The van der Waals surface area contributed by atoms with Crippen LogP contribution in [-0.2, 0) is 4.79 Å². The van der Waals surface area contributed by atoms with Crippen molar-refractivity contribution < 1.29 is 9.59 Å². The number of amides is 1. The Morgan fingerprint density at radius 3 is 2.52 bits per heavy atom. The lowest BCUT2D eigenvalue weighted by Crippen LogP contribution is -2.28. The van der Waals surface area contributed by atoms with Gasteiger partial charge in [0, 0.05) is 24.3 Å². The Morgan fingerprint density at radius 1 is 1.29 bits per heavy atom. The third kappa shape index (κ3) is 5.85. The van der Waals surface area contributed by atoms with Gasteiger partial charge in [0.15, 0.2) is 5.78 Å². The van der Waals surface area contributed by atoms with Gasteiger partial charge in [0.05, 0.1) is 5.75 Å². The molecular formula is C15H20N2O2S2. The molecule has 0 spiro atoms. The van der Waals surface area contributed by atoms with Crippen molar-refractivity contribution in [3.63, 3.8) is 0 Å². The first-order chi connectivity index (χ1) is 9.97. The molecule has 1 aromatic rings. The lowest BCUT2D eigenvalue weighted by molar-refractivity contribution is -0.113. The van der Waals surface area contributed by atoms with Gasteiger partial charge in [-0.3, -0.25) is 9.59 Å². The SMILES string of the molecule is CCN(CC)C(=S)SCC(=O)Nc1cccc(C(C)=O)c1. The maximum absolute atomic E-state index is 11.9. The Bertz CT molecular complexity index is 528. The fraction of sp³-hybridized carbons (Fsp3) is 0.400. The smallest absolute Gasteiger partial charge is 0.234 e. The maximum atomic E-state index is 11.9. The largest absolute Gasteiger partial charge is 0.358 e. The molecule has 0 radical (unpaired) electrons. The van der Waals surface area contributed by atoms with Gasteiger partial charge in [-0.15, -0.1) is 0 Å². The van der Waals surface area contributed by atoms with Gasteiger partial charge >= 0.3 is 0 Å². The minimum absolute atomic E-state index is 0.0248. The number of carbonyl (C=O) groups excluding carboxylic acids is 2. The first kappa shape index (κ1) is 17.7. The number of thiocarbonyl (C=S) groups is 1. The topological polar surface area (TPSA) is 49.4 Å². The molecule has 0 saturated carbocycles. The van der Waals surface area contributed by atoms with E-state index in [0.717, 1.165) is 17.4 Å². The zero-order valence-electron chi connectivity index (χ0n) is 12.5. The van der Waals surface area contributed by atoms with Crippen LogP contribution in [0.25, 0.3) is 0 Å². The standard InChI is InChI=1S/C15H20N2O2S2/c1-4-17(5-2)15(20)21-10-14(19)16-13-8-6-7-12(9-13)11(3)18/h6-9H,4-5,10H2,1-3H3,(H,16,19). The summed E-state index contributed by atoms with van der Waals surface area (Å²) in [6.45, 7) is 7.24. The molecule has 0 atom stereocenters. The number of nitrogens with one attached hydrogen (secondary N) is 1. The zero-order valence-corrected chi connectivity index (χ0v) is 14.1. The normalized spacial score (nSPS) is 10.0. The van der Waals surface area contributed by atoms with Crippen LogP contribution in [-0.4, -0.2) is 39.8 Å². The molecule has 114 valence electrons. The van der Waals surface area contributed by atoms with E-state index in [2.05, 4.69) is 5.32 Å². The van der Waals surface area contributed by atoms with Crippen molar-refractivity contribution in [1.82, 2.24) is 4.90 Å². The van der Waals surface area contributed by atoms with Crippen molar-refractivity contribution in [3.8, 4) is 0 Å². The molecule has 0 bridgehead atoms.